The number of aliphatic hydroxyl groups excluding tert-OH is 7. The molecule has 0 amide bonds. The lowest BCUT2D eigenvalue weighted by Gasteiger charge is -2.41. The van der Waals surface area contributed by atoms with E-state index >= 15 is 0 Å². The Bertz CT molecular complexity index is 1450. The molecule has 0 aromatic carbocycles. The Hall–Kier alpha value is -2.79. The molecule has 1 aliphatic rings. The third-order valence-corrected chi connectivity index (χ3v) is 11.7. The number of phosphoric acid groups is 1. The first kappa shape index (κ1) is 60.2. The Balaban J connectivity index is 2.56. The second-order valence-electron chi connectivity index (χ2n) is 16.6. The fraction of sp³-hybridized carbons (Fsp3) is 0.714. The molecule has 0 radical (unpaired) electrons. The van der Waals surface area contributed by atoms with Crippen LogP contribution in [0.15, 0.2) is 72.9 Å². The third-order valence-electron chi connectivity index (χ3n) is 10.7. The van der Waals surface area contributed by atoms with E-state index in [-0.39, 0.29) is 12.8 Å². The summed E-state index contributed by atoms with van der Waals surface area (Å²) in [6.07, 6.45) is 27.3. The molecule has 15 nitrogen and oxygen atoms in total. The van der Waals surface area contributed by atoms with Crippen LogP contribution >= 0.6 is 7.82 Å². The van der Waals surface area contributed by atoms with Gasteiger partial charge < -0.3 is 50.1 Å². The predicted molar refractivity (Wildman–Crippen MR) is 251 cm³/mol. The van der Waals surface area contributed by atoms with Gasteiger partial charge in [0.05, 0.1) is 18.8 Å². The highest BCUT2D eigenvalue weighted by Crippen LogP contribution is 2.47. The maximum Gasteiger partial charge on any atom is 0.472 e. The normalized spacial score (nSPS) is 23.0. The molecular weight excluding hydrogens is 859 g/mol. The zero-order valence-electron chi connectivity index (χ0n) is 39.0. The molecule has 1 rings (SSSR count). The number of unbranched alkanes of at least 4 members (excludes halogenated alkanes) is 15. The van der Waals surface area contributed by atoms with Crippen LogP contribution in [0.25, 0.3) is 0 Å². The number of rotatable bonds is 38. The number of carbonyl (C=O) groups excluding carboxylic acids is 2. The van der Waals surface area contributed by atoms with Crippen LogP contribution in [0.2, 0.25) is 0 Å². The molecule has 3 unspecified atom stereocenters. The van der Waals surface area contributed by atoms with Crippen LogP contribution in [-0.4, -0.2) is 121 Å². The quantitative estimate of drug-likeness (QED) is 0.00985. The van der Waals surface area contributed by atoms with Crippen LogP contribution < -0.4 is 0 Å². The summed E-state index contributed by atoms with van der Waals surface area (Å²) < 4.78 is 33.4. The molecule has 1 saturated carbocycles. The van der Waals surface area contributed by atoms with Gasteiger partial charge in [-0.05, 0) is 38.5 Å². The SMILES string of the molecule is CC/C=C\C[C@H](O)/C=C/C=C\C/C=C\C=C\[C@H](O)/C=C\CCCC(=O)O[C@H](COC(=O)CCCCCCCCCCCCCCCCC)COP(=O)(O)OC1[C@H](O)[C@H](O)C(O)[C@H](O)[C@H]1O. The highest BCUT2D eigenvalue weighted by Gasteiger charge is 2.51. The molecular formula is C49H83O15P. The monoisotopic (exact) mass is 943 g/mol. The number of esters is 2. The highest BCUT2D eigenvalue weighted by molar-refractivity contribution is 7.47. The molecule has 374 valence electrons. The topological polar surface area (TPSA) is 250 Å². The number of hydrogen-bond donors (Lipinski definition) is 8. The zero-order chi connectivity index (χ0) is 48.1. The van der Waals surface area contributed by atoms with Crippen LogP contribution in [-0.2, 0) is 32.7 Å². The first-order chi connectivity index (χ1) is 31.2. The second-order valence-corrected chi connectivity index (χ2v) is 18.0. The molecule has 16 heteroatoms. The number of phosphoric ester groups is 1. The van der Waals surface area contributed by atoms with E-state index in [1.54, 1.807) is 42.5 Å². The summed E-state index contributed by atoms with van der Waals surface area (Å²) in [5, 5.41) is 70.2. The van der Waals surface area contributed by atoms with Crippen molar-refractivity contribution in [3.8, 4) is 0 Å². The van der Waals surface area contributed by atoms with Crippen molar-refractivity contribution in [2.45, 2.75) is 210 Å². The van der Waals surface area contributed by atoms with Gasteiger partial charge in [-0.3, -0.25) is 18.6 Å². The van der Waals surface area contributed by atoms with Crippen molar-refractivity contribution in [2.75, 3.05) is 13.2 Å². The van der Waals surface area contributed by atoms with Gasteiger partial charge in [-0.2, -0.15) is 0 Å². The van der Waals surface area contributed by atoms with Crippen molar-refractivity contribution < 1.29 is 73.3 Å². The van der Waals surface area contributed by atoms with E-state index in [1.807, 2.05) is 37.3 Å². The van der Waals surface area contributed by atoms with E-state index in [9.17, 15) is 54.8 Å². The molecule has 0 spiro atoms. The number of ether oxygens (including phenoxy) is 2. The van der Waals surface area contributed by atoms with Crippen molar-refractivity contribution in [3.05, 3.63) is 72.9 Å². The number of hydrogen-bond acceptors (Lipinski definition) is 14. The number of aliphatic hydroxyl groups is 7. The summed E-state index contributed by atoms with van der Waals surface area (Å²) in [4.78, 5) is 35.7. The van der Waals surface area contributed by atoms with Crippen molar-refractivity contribution in [1.29, 1.82) is 0 Å². The minimum absolute atomic E-state index is 0.0913. The number of carbonyl (C=O) groups is 2. The predicted octanol–water partition coefficient (Wildman–Crippen LogP) is 7.44. The Labute approximate surface area is 388 Å². The summed E-state index contributed by atoms with van der Waals surface area (Å²) in [7, 11) is -5.18. The summed E-state index contributed by atoms with van der Waals surface area (Å²) in [6, 6.07) is 0. The minimum Gasteiger partial charge on any atom is -0.462 e. The smallest absolute Gasteiger partial charge is 0.462 e. The second kappa shape index (κ2) is 38.2. The minimum atomic E-state index is -5.18. The van der Waals surface area contributed by atoms with Gasteiger partial charge in [0.2, 0.25) is 0 Å². The Kier molecular flexibility index (Phi) is 35.4. The zero-order valence-corrected chi connectivity index (χ0v) is 39.9. The van der Waals surface area contributed by atoms with Gasteiger partial charge in [-0.25, -0.2) is 4.57 Å². The average Bonchev–Trinajstić information content (AvgIpc) is 3.28. The first-order valence-corrected chi connectivity index (χ1v) is 25.5. The van der Waals surface area contributed by atoms with Crippen LogP contribution in [0, 0.1) is 0 Å². The Morgan fingerprint density at radius 3 is 1.68 bits per heavy atom. The van der Waals surface area contributed by atoms with Crippen molar-refractivity contribution in [1.82, 2.24) is 0 Å². The fourth-order valence-corrected chi connectivity index (χ4v) is 7.82. The molecule has 0 heterocycles. The highest BCUT2D eigenvalue weighted by atomic mass is 31.2. The van der Waals surface area contributed by atoms with Crippen molar-refractivity contribution in [2.24, 2.45) is 0 Å². The Morgan fingerprint density at radius 1 is 0.585 bits per heavy atom. The summed E-state index contributed by atoms with van der Waals surface area (Å²) in [5.41, 5.74) is 0. The standard InChI is InChI=1S/C49H83O15P/c1-3-5-7-8-9-10-11-12-13-14-15-16-20-23-29-35-42(52)61-37-41(38-62-65(59,60)64-49-47(57)45(55)44(54)46(56)48(49)58)63-43(53)36-30-24-28-34-40(51)33-27-22-19-17-18-21-26-32-39(50)31-25-6-4-2/h6,18-19,21-22,25-28,32-34,39-41,44-51,54-58H,3-5,7-17,20,23-24,29-31,35-38H2,1-2H3,(H,59,60)/b21-18-,22-19-,25-6-,32-26+,33-27+,34-28-/t39-,40-,41+,44?,45-,46+,47+,48+,49?/m0/s1. The van der Waals surface area contributed by atoms with Crippen LogP contribution in [0.5, 0.6) is 0 Å². The van der Waals surface area contributed by atoms with Gasteiger partial charge in [0.15, 0.2) is 6.10 Å². The lowest BCUT2D eigenvalue weighted by atomic mass is 9.85. The van der Waals surface area contributed by atoms with Gasteiger partial charge in [-0.1, -0.05) is 177 Å². The molecule has 10 atom stereocenters. The fourth-order valence-electron chi connectivity index (χ4n) is 6.85. The molecule has 1 fully saturated rings. The molecule has 1 aliphatic carbocycles. The summed E-state index contributed by atoms with van der Waals surface area (Å²) in [6.45, 7) is 2.95. The third kappa shape index (κ3) is 31.0. The summed E-state index contributed by atoms with van der Waals surface area (Å²) in [5.74, 6) is -1.28. The lowest BCUT2D eigenvalue weighted by Crippen LogP contribution is -2.64. The maximum absolute atomic E-state index is 12.8. The van der Waals surface area contributed by atoms with E-state index in [0.717, 1.165) is 32.1 Å². The molecule has 8 N–H and O–H groups in total. The van der Waals surface area contributed by atoms with Gasteiger partial charge in [0, 0.05) is 12.8 Å². The summed E-state index contributed by atoms with van der Waals surface area (Å²) >= 11 is 0. The van der Waals surface area contributed by atoms with Crippen LogP contribution in [0.1, 0.15) is 155 Å². The molecule has 0 aromatic rings. The van der Waals surface area contributed by atoms with Crippen molar-refractivity contribution >= 4 is 19.8 Å². The Morgan fingerprint density at radius 2 is 1.11 bits per heavy atom. The van der Waals surface area contributed by atoms with Gasteiger partial charge >= 0.3 is 19.8 Å². The maximum atomic E-state index is 12.8. The average molecular weight is 943 g/mol. The largest absolute Gasteiger partial charge is 0.472 e. The van der Waals surface area contributed by atoms with E-state index < -0.39 is 87.9 Å². The van der Waals surface area contributed by atoms with E-state index in [0.29, 0.717) is 32.1 Å². The van der Waals surface area contributed by atoms with Gasteiger partial charge in [0.1, 0.15) is 43.2 Å². The van der Waals surface area contributed by atoms with E-state index in [4.69, 9.17) is 18.5 Å². The molecule has 0 bridgehead atoms. The molecule has 65 heavy (non-hydrogen) atoms. The van der Waals surface area contributed by atoms with E-state index in [1.165, 1.54) is 64.2 Å². The van der Waals surface area contributed by atoms with Gasteiger partial charge in [0.25, 0.3) is 0 Å². The van der Waals surface area contributed by atoms with Gasteiger partial charge in [-0.15, -0.1) is 0 Å². The van der Waals surface area contributed by atoms with E-state index in [2.05, 4.69) is 6.92 Å². The first-order valence-electron chi connectivity index (χ1n) is 24.0. The van der Waals surface area contributed by atoms with Crippen LogP contribution in [0.4, 0.5) is 0 Å². The molecule has 0 saturated heterocycles. The number of allylic oxidation sites excluding steroid dienone is 8. The molecule has 0 aromatic heterocycles. The van der Waals surface area contributed by atoms with Crippen molar-refractivity contribution in [3.63, 3.8) is 0 Å². The lowest BCUT2D eigenvalue weighted by molar-refractivity contribution is -0.220. The van der Waals surface area contributed by atoms with Crippen LogP contribution in [0.3, 0.4) is 0 Å². The molecule has 0 aliphatic heterocycles.